The molecule has 3 heterocycles. The second-order valence-corrected chi connectivity index (χ2v) is 4.53. The van der Waals surface area contributed by atoms with Crippen LogP contribution in [0.15, 0.2) is 30.6 Å². The van der Waals surface area contributed by atoms with Crippen LogP contribution in [-0.4, -0.2) is 37.6 Å². The minimum atomic E-state index is -0.890. The lowest BCUT2D eigenvalue weighted by Crippen LogP contribution is -2.29. The van der Waals surface area contributed by atoms with Crippen LogP contribution >= 0.6 is 0 Å². The molecule has 2 aromatic rings. The van der Waals surface area contributed by atoms with Crippen LogP contribution in [0.3, 0.4) is 0 Å². The van der Waals surface area contributed by atoms with Gasteiger partial charge in [0.1, 0.15) is 5.82 Å². The van der Waals surface area contributed by atoms with E-state index in [0.29, 0.717) is 12.4 Å². The topological polar surface area (TPSA) is 82.1 Å². The molecule has 1 fully saturated rings. The highest BCUT2D eigenvalue weighted by molar-refractivity contribution is 5.66. The third-order valence-electron chi connectivity index (χ3n) is 3.35. The number of nitrogens with zero attached hydrogens (tertiary/aromatic N) is 3. The smallest absolute Gasteiger partial charge is 0.407 e. The first-order chi connectivity index (χ1) is 9.25. The maximum atomic E-state index is 11.1. The van der Waals surface area contributed by atoms with Crippen LogP contribution in [0.1, 0.15) is 24.7 Å². The van der Waals surface area contributed by atoms with Crippen LogP contribution in [0, 0.1) is 0 Å². The Balaban J connectivity index is 1.87. The lowest BCUT2D eigenvalue weighted by molar-refractivity contribution is 0.139. The van der Waals surface area contributed by atoms with Crippen molar-refractivity contribution in [2.75, 3.05) is 6.54 Å². The Morgan fingerprint density at radius 2 is 2.32 bits per heavy atom. The van der Waals surface area contributed by atoms with Gasteiger partial charge in [-0.2, -0.15) is 0 Å². The van der Waals surface area contributed by atoms with Crippen LogP contribution in [-0.2, 0) is 0 Å². The number of aromatic nitrogens is 3. The zero-order valence-electron chi connectivity index (χ0n) is 10.3. The summed E-state index contributed by atoms with van der Waals surface area (Å²) in [5.41, 5.74) is 1.62. The number of amides is 1. The van der Waals surface area contributed by atoms with Crippen molar-refractivity contribution in [2.45, 2.75) is 18.9 Å². The van der Waals surface area contributed by atoms with E-state index in [9.17, 15) is 4.79 Å². The maximum Gasteiger partial charge on any atom is 0.407 e. The van der Waals surface area contributed by atoms with Gasteiger partial charge in [0.05, 0.1) is 23.6 Å². The fraction of sp³-hybridized carbons (Fsp3) is 0.308. The standard InChI is InChI=1S/C13H14N4O2/c18-13(19)17-7-3-5-11(17)12-15-8-10(16-12)9-4-1-2-6-14-9/h1-2,4,6,8,11H,3,5,7H2,(H,15,16)(H,18,19). The van der Waals surface area contributed by atoms with E-state index in [-0.39, 0.29) is 6.04 Å². The summed E-state index contributed by atoms with van der Waals surface area (Å²) in [5.74, 6) is 0.695. The molecule has 1 unspecified atom stereocenters. The number of carbonyl (C=O) groups is 1. The molecule has 98 valence electrons. The molecule has 2 aromatic heterocycles. The molecule has 6 nitrogen and oxygen atoms in total. The van der Waals surface area contributed by atoms with E-state index < -0.39 is 6.09 Å². The predicted molar refractivity (Wildman–Crippen MR) is 68.5 cm³/mol. The Bertz CT molecular complexity index is 581. The van der Waals surface area contributed by atoms with Crippen molar-refractivity contribution in [3.05, 3.63) is 36.4 Å². The molecule has 0 aliphatic carbocycles. The van der Waals surface area contributed by atoms with Gasteiger partial charge in [-0.25, -0.2) is 9.78 Å². The van der Waals surface area contributed by atoms with Crippen LogP contribution in [0.4, 0.5) is 4.79 Å². The fourth-order valence-corrected chi connectivity index (χ4v) is 2.44. The summed E-state index contributed by atoms with van der Waals surface area (Å²) in [5, 5.41) is 9.14. The number of hydrogen-bond acceptors (Lipinski definition) is 3. The molecular weight excluding hydrogens is 244 g/mol. The zero-order chi connectivity index (χ0) is 13.2. The van der Waals surface area contributed by atoms with Crippen LogP contribution in [0.5, 0.6) is 0 Å². The number of H-pyrrole nitrogens is 1. The lowest BCUT2D eigenvalue weighted by Gasteiger charge is -2.19. The van der Waals surface area contributed by atoms with Gasteiger partial charge in [0.25, 0.3) is 0 Å². The second-order valence-electron chi connectivity index (χ2n) is 4.53. The number of likely N-dealkylation sites (tertiary alicyclic amines) is 1. The first kappa shape index (κ1) is 11.7. The van der Waals surface area contributed by atoms with Gasteiger partial charge in [-0.05, 0) is 25.0 Å². The molecule has 6 heteroatoms. The van der Waals surface area contributed by atoms with Gasteiger partial charge in [0, 0.05) is 12.7 Å². The van der Waals surface area contributed by atoms with E-state index in [2.05, 4.69) is 15.0 Å². The van der Waals surface area contributed by atoms with Crippen molar-refractivity contribution >= 4 is 6.09 Å². The van der Waals surface area contributed by atoms with Crippen molar-refractivity contribution in [3.8, 4) is 11.4 Å². The van der Waals surface area contributed by atoms with Crippen LogP contribution < -0.4 is 0 Å². The predicted octanol–water partition coefficient (Wildman–Crippen LogP) is 2.29. The highest BCUT2D eigenvalue weighted by atomic mass is 16.4. The SMILES string of the molecule is O=C(O)N1CCCC1c1ncc(-c2ccccn2)[nH]1. The second kappa shape index (κ2) is 4.72. The van der Waals surface area contributed by atoms with Crippen LogP contribution in [0.2, 0.25) is 0 Å². The Kier molecular flexibility index (Phi) is 2.91. The van der Waals surface area contributed by atoms with E-state index in [1.165, 1.54) is 4.90 Å². The highest BCUT2D eigenvalue weighted by Gasteiger charge is 2.31. The summed E-state index contributed by atoms with van der Waals surface area (Å²) >= 11 is 0. The molecular formula is C13H14N4O2. The minimum absolute atomic E-state index is 0.171. The average Bonchev–Trinajstić information content (AvgIpc) is 3.08. The minimum Gasteiger partial charge on any atom is -0.465 e. The molecule has 1 saturated heterocycles. The molecule has 3 rings (SSSR count). The summed E-state index contributed by atoms with van der Waals surface area (Å²) in [6, 6.07) is 5.47. The number of imidazole rings is 1. The molecule has 0 bridgehead atoms. The van der Waals surface area contributed by atoms with Gasteiger partial charge in [-0.1, -0.05) is 6.07 Å². The monoisotopic (exact) mass is 258 g/mol. The molecule has 1 amide bonds. The number of carboxylic acid groups (broad SMARTS) is 1. The molecule has 0 aromatic carbocycles. The molecule has 1 atom stereocenters. The Morgan fingerprint density at radius 1 is 1.42 bits per heavy atom. The third-order valence-corrected chi connectivity index (χ3v) is 3.35. The summed E-state index contributed by atoms with van der Waals surface area (Å²) in [7, 11) is 0. The summed E-state index contributed by atoms with van der Waals surface area (Å²) in [6.07, 6.45) is 4.21. The average molecular weight is 258 g/mol. The van der Waals surface area contributed by atoms with E-state index in [1.54, 1.807) is 12.4 Å². The van der Waals surface area contributed by atoms with Crippen LogP contribution in [0.25, 0.3) is 11.4 Å². The Hall–Kier alpha value is -2.37. The summed E-state index contributed by atoms with van der Waals surface area (Å²) < 4.78 is 0. The largest absolute Gasteiger partial charge is 0.465 e. The van der Waals surface area contributed by atoms with E-state index in [0.717, 1.165) is 24.2 Å². The highest BCUT2D eigenvalue weighted by Crippen LogP contribution is 2.30. The Labute approximate surface area is 110 Å². The van der Waals surface area contributed by atoms with E-state index >= 15 is 0 Å². The molecule has 0 spiro atoms. The number of pyridine rings is 1. The van der Waals surface area contributed by atoms with Gasteiger partial charge >= 0.3 is 6.09 Å². The van der Waals surface area contributed by atoms with Gasteiger partial charge in [0.15, 0.2) is 0 Å². The first-order valence-electron chi connectivity index (χ1n) is 6.21. The maximum absolute atomic E-state index is 11.1. The number of nitrogens with one attached hydrogen (secondary N) is 1. The molecule has 0 saturated carbocycles. The zero-order valence-corrected chi connectivity index (χ0v) is 10.3. The van der Waals surface area contributed by atoms with Gasteiger partial charge in [-0.3, -0.25) is 9.88 Å². The van der Waals surface area contributed by atoms with Gasteiger partial charge < -0.3 is 10.1 Å². The lowest BCUT2D eigenvalue weighted by atomic mass is 10.2. The number of rotatable bonds is 2. The van der Waals surface area contributed by atoms with Gasteiger partial charge in [-0.15, -0.1) is 0 Å². The molecule has 2 N–H and O–H groups in total. The van der Waals surface area contributed by atoms with Crippen molar-refractivity contribution in [1.29, 1.82) is 0 Å². The van der Waals surface area contributed by atoms with E-state index in [1.807, 2.05) is 18.2 Å². The summed E-state index contributed by atoms with van der Waals surface area (Å²) in [4.78, 5) is 24.3. The van der Waals surface area contributed by atoms with Gasteiger partial charge in [0.2, 0.25) is 0 Å². The molecule has 0 radical (unpaired) electrons. The molecule has 1 aliphatic heterocycles. The molecule has 1 aliphatic rings. The third kappa shape index (κ3) is 2.16. The fourth-order valence-electron chi connectivity index (χ4n) is 2.44. The van der Waals surface area contributed by atoms with Crippen molar-refractivity contribution in [1.82, 2.24) is 19.9 Å². The van der Waals surface area contributed by atoms with E-state index in [4.69, 9.17) is 5.11 Å². The number of aromatic amines is 1. The van der Waals surface area contributed by atoms with Crippen molar-refractivity contribution < 1.29 is 9.90 Å². The van der Waals surface area contributed by atoms with Crippen molar-refractivity contribution in [3.63, 3.8) is 0 Å². The summed E-state index contributed by atoms with van der Waals surface area (Å²) in [6.45, 7) is 0.569. The quantitative estimate of drug-likeness (QED) is 0.865. The first-order valence-corrected chi connectivity index (χ1v) is 6.21. The van der Waals surface area contributed by atoms with Crippen molar-refractivity contribution in [2.24, 2.45) is 0 Å². The normalized spacial score (nSPS) is 18.7. The number of hydrogen-bond donors (Lipinski definition) is 2. The molecule has 19 heavy (non-hydrogen) atoms. The Morgan fingerprint density at radius 3 is 3.05 bits per heavy atom.